The Morgan fingerprint density at radius 3 is 2.31 bits per heavy atom. The van der Waals surface area contributed by atoms with E-state index in [0.717, 1.165) is 37.2 Å². The fourth-order valence-electron chi connectivity index (χ4n) is 3.70. The fraction of sp³-hybridized carbons (Fsp3) is 0.391. The number of nitrogens with one attached hydrogen (secondary N) is 1. The highest BCUT2D eigenvalue weighted by molar-refractivity contribution is 5.93. The Labute approximate surface area is 172 Å². The standard InChI is InChI=1S/C23H29N3O3/c1-3-25(17-21(27)24-19-11-13-20(29-2)14-12-19)22(18-9-5-4-6-10-18)23(28)26-15-7-8-16-26/h4-6,9-14,22H,3,7-8,15-17H2,1-2H3,(H,24,27). The molecule has 2 amide bonds. The van der Waals surface area contributed by atoms with E-state index in [9.17, 15) is 9.59 Å². The molecule has 1 atom stereocenters. The monoisotopic (exact) mass is 395 g/mol. The molecule has 1 heterocycles. The van der Waals surface area contributed by atoms with Crippen molar-refractivity contribution in [1.82, 2.24) is 9.80 Å². The van der Waals surface area contributed by atoms with Crippen LogP contribution < -0.4 is 10.1 Å². The zero-order chi connectivity index (χ0) is 20.6. The Bertz CT molecular complexity index is 802. The van der Waals surface area contributed by atoms with Crippen molar-refractivity contribution in [3.63, 3.8) is 0 Å². The third kappa shape index (κ3) is 5.35. The summed E-state index contributed by atoms with van der Waals surface area (Å²) >= 11 is 0. The number of ether oxygens (including phenoxy) is 1. The van der Waals surface area contributed by atoms with Gasteiger partial charge in [-0.1, -0.05) is 37.3 Å². The summed E-state index contributed by atoms with van der Waals surface area (Å²) in [7, 11) is 1.60. The van der Waals surface area contributed by atoms with Gasteiger partial charge in [-0.15, -0.1) is 0 Å². The first-order valence-corrected chi connectivity index (χ1v) is 10.1. The number of likely N-dealkylation sites (N-methyl/N-ethyl adjacent to an activating group) is 1. The summed E-state index contributed by atoms with van der Waals surface area (Å²) in [6.07, 6.45) is 2.08. The van der Waals surface area contributed by atoms with Crippen LogP contribution in [-0.2, 0) is 9.59 Å². The lowest BCUT2D eigenvalue weighted by molar-refractivity contribution is -0.136. The molecule has 1 N–H and O–H groups in total. The van der Waals surface area contributed by atoms with E-state index in [1.165, 1.54) is 0 Å². The van der Waals surface area contributed by atoms with Crippen molar-refractivity contribution in [3.05, 3.63) is 60.2 Å². The summed E-state index contributed by atoms with van der Waals surface area (Å²) in [6, 6.07) is 16.5. The molecule has 1 saturated heterocycles. The van der Waals surface area contributed by atoms with E-state index in [0.29, 0.717) is 12.2 Å². The van der Waals surface area contributed by atoms with Gasteiger partial charge in [-0.25, -0.2) is 0 Å². The third-order valence-electron chi connectivity index (χ3n) is 5.26. The van der Waals surface area contributed by atoms with Gasteiger partial charge in [-0.2, -0.15) is 0 Å². The zero-order valence-corrected chi connectivity index (χ0v) is 17.1. The molecule has 1 aliphatic rings. The average molecular weight is 396 g/mol. The van der Waals surface area contributed by atoms with Gasteiger partial charge in [-0.3, -0.25) is 14.5 Å². The second-order valence-electron chi connectivity index (χ2n) is 7.19. The lowest BCUT2D eigenvalue weighted by atomic mass is 10.0. The first kappa shape index (κ1) is 20.9. The van der Waals surface area contributed by atoms with Crippen LogP contribution in [0.4, 0.5) is 5.69 Å². The van der Waals surface area contributed by atoms with Crippen LogP contribution in [0.25, 0.3) is 0 Å². The van der Waals surface area contributed by atoms with Crippen LogP contribution in [0.5, 0.6) is 5.75 Å². The minimum absolute atomic E-state index is 0.0767. The lowest BCUT2D eigenvalue weighted by Gasteiger charge is -2.32. The van der Waals surface area contributed by atoms with E-state index in [4.69, 9.17) is 4.74 Å². The molecule has 0 bridgehead atoms. The molecule has 29 heavy (non-hydrogen) atoms. The molecule has 2 aromatic carbocycles. The van der Waals surface area contributed by atoms with Gasteiger partial charge < -0.3 is 15.0 Å². The van der Waals surface area contributed by atoms with E-state index in [1.54, 1.807) is 31.4 Å². The number of rotatable bonds is 8. The minimum atomic E-state index is -0.457. The van der Waals surface area contributed by atoms with Crippen LogP contribution in [0.15, 0.2) is 54.6 Å². The number of anilines is 1. The van der Waals surface area contributed by atoms with Crippen molar-refractivity contribution >= 4 is 17.5 Å². The van der Waals surface area contributed by atoms with Gasteiger partial charge in [0.1, 0.15) is 11.8 Å². The molecular formula is C23H29N3O3. The van der Waals surface area contributed by atoms with Gasteiger partial charge in [0.15, 0.2) is 0 Å². The summed E-state index contributed by atoms with van der Waals surface area (Å²) in [5.74, 6) is 0.665. The number of nitrogens with zero attached hydrogens (tertiary/aromatic N) is 2. The third-order valence-corrected chi connectivity index (χ3v) is 5.26. The number of benzene rings is 2. The highest BCUT2D eigenvalue weighted by Crippen LogP contribution is 2.25. The van der Waals surface area contributed by atoms with E-state index in [2.05, 4.69) is 5.32 Å². The molecule has 0 aliphatic carbocycles. The van der Waals surface area contributed by atoms with Crippen molar-refractivity contribution in [2.45, 2.75) is 25.8 Å². The smallest absolute Gasteiger partial charge is 0.244 e. The Hall–Kier alpha value is -2.86. The van der Waals surface area contributed by atoms with Crippen LogP contribution in [0.1, 0.15) is 31.4 Å². The fourth-order valence-corrected chi connectivity index (χ4v) is 3.70. The van der Waals surface area contributed by atoms with E-state index in [-0.39, 0.29) is 18.4 Å². The molecule has 1 fully saturated rings. The zero-order valence-electron chi connectivity index (χ0n) is 17.1. The summed E-state index contributed by atoms with van der Waals surface area (Å²) < 4.78 is 5.15. The number of amides is 2. The maximum absolute atomic E-state index is 13.3. The Morgan fingerprint density at radius 2 is 1.72 bits per heavy atom. The normalized spacial score (nSPS) is 14.7. The van der Waals surface area contributed by atoms with Gasteiger partial charge >= 0.3 is 0 Å². The van der Waals surface area contributed by atoms with Crippen LogP contribution in [-0.4, -0.2) is 54.9 Å². The molecule has 0 radical (unpaired) electrons. The largest absolute Gasteiger partial charge is 0.497 e. The highest BCUT2D eigenvalue weighted by Gasteiger charge is 2.32. The van der Waals surface area contributed by atoms with Crippen molar-refractivity contribution < 1.29 is 14.3 Å². The van der Waals surface area contributed by atoms with Gasteiger partial charge in [0, 0.05) is 18.8 Å². The first-order chi connectivity index (χ1) is 14.1. The van der Waals surface area contributed by atoms with Crippen molar-refractivity contribution in [2.24, 2.45) is 0 Å². The molecule has 0 spiro atoms. The average Bonchev–Trinajstić information content (AvgIpc) is 3.29. The van der Waals surface area contributed by atoms with Crippen LogP contribution in [0.3, 0.4) is 0 Å². The maximum atomic E-state index is 13.3. The molecule has 3 rings (SSSR count). The predicted molar refractivity (Wildman–Crippen MR) is 114 cm³/mol. The molecule has 0 aromatic heterocycles. The maximum Gasteiger partial charge on any atom is 0.244 e. The molecular weight excluding hydrogens is 366 g/mol. The molecule has 0 saturated carbocycles. The minimum Gasteiger partial charge on any atom is -0.497 e. The first-order valence-electron chi connectivity index (χ1n) is 10.1. The molecule has 6 nitrogen and oxygen atoms in total. The predicted octanol–water partition coefficient (Wildman–Crippen LogP) is 3.32. The number of methoxy groups -OCH3 is 1. The van der Waals surface area contributed by atoms with Crippen LogP contribution in [0, 0.1) is 0 Å². The van der Waals surface area contributed by atoms with Crippen molar-refractivity contribution in [1.29, 1.82) is 0 Å². The summed E-state index contributed by atoms with van der Waals surface area (Å²) in [6.45, 7) is 4.29. The number of likely N-dealkylation sites (tertiary alicyclic amines) is 1. The quantitative estimate of drug-likeness (QED) is 0.745. The second-order valence-corrected chi connectivity index (χ2v) is 7.19. The van der Waals surface area contributed by atoms with E-state index in [1.807, 2.05) is 47.1 Å². The second kappa shape index (κ2) is 10.1. The molecule has 1 aliphatic heterocycles. The lowest BCUT2D eigenvalue weighted by Crippen LogP contribution is -2.44. The van der Waals surface area contributed by atoms with Gasteiger partial charge in [0.2, 0.25) is 11.8 Å². The van der Waals surface area contributed by atoms with E-state index < -0.39 is 6.04 Å². The molecule has 154 valence electrons. The number of carbonyl (C=O) groups excluding carboxylic acids is 2. The highest BCUT2D eigenvalue weighted by atomic mass is 16.5. The number of carbonyl (C=O) groups is 2. The molecule has 2 aromatic rings. The van der Waals surface area contributed by atoms with E-state index >= 15 is 0 Å². The number of hydrogen-bond acceptors (Lipinski definition) is 4. The Balaban J connectivity index is 1.75. The number of hydrogen-bond donors (Lipinski definition) is 1. The Morgan fingerprint density at radius 1 is 1.07 bits per heavy atom. The summed E-state index contributed by atoms with van der Waals surface area (Å²) in [4.78, 5) is 29.9. The topological polar surface area (TPSA) is 61.9 Å². The Kier molecular flexibility index (Phi) is 7.25. The van der Waals surface area contributed by atoms with Gasteiger partial charge in [-0.05, 0) is 49.2 Å². The van der Waals surface area contributed by atoms with Gasteiger partial charge in [0.05, 0.1) is 13.7 Å². The van der Waals surface area contributed by atoms with Gasteiger partial charge in [0.25, 0.3) is 0 Å². The molecule has 6 heteroatoms. The summed E-state index contributed by atoms with van der Waals surface area (Å²) in [5, 5.41) is 2.91. The van der Waals surface area contributed by atoms with Crippen LogP contribution in [0.2, 0.25) is 0 Å². The van der Waals surface area contributed by atoms with Crippen molar-refractivity contribution in [3.8, 4) is 5.75 Å². The van der Waals surface area contributed by atoms with Crippen LogP contribution >= 0.6 is 0 Å². The summed E-state index contributed by atoms with van der Waals surface area (Å²) in [5.41, 5.74) is 1.62. The SMILES string of the molecule is CCN(CC(=O)Nc1ccc(OC)cc1)C(C(=O)N1CCCC1)c1ccccc1. The van der Waals surface area contributed by atoms with Crippen molar-refractivity contribution in [2.75, 3.05) is 38.6 Å². The molecule has 1 unspecified atom stereocenters.